The van der Waals surface area contributed by atoms with E-state index in [4.69, 9.17) is 18.4 Å². The molecule has 1 fully saturated rings. The summed E-state index contributed by atoms with van der Waals surface area (Å²) >= 11 is 0. The molecule has 3 heterocycles. The van der Waals surface area contributed by atoms with Crippen LogP contribution >= 0.6 is 0 Å². The smallest absolute Gasteiger partial charge is 0.257 e. The zero-order valence-corrected chi connectivity index (χ0v) is 13.8. The van der Waals surface area contributed by atoms with E-state index in [0.29, 0.717) is 37.2 Å². The number of hydrogen-bond donors (Lipinski definition) is 1. The van der Waals surface area contributed by atoms with Crippen molar-refractivity contribution in [2.24, 2.45) is 0 Å². The minimum absolute atomic E-state index is 0.192. The number of morpholine rings is 1. The molecule has 1 N–H and O–H groups in total. The highest BCUT2D eigenvalue weighted by Crippen LogP contribution is 2.23. The van der Waals surface area contributed by atoms with E-state index in [0.717, 1.165) is 23.6 Å². The normalized spacial score (nSPS) is 17.6. The highest BCUT2D eigenvalue weighted by atomic mass is 16.5. The van der Waals surface area contributed by atoms with Crippen molar-refractivity contribution < 1.29 is 18.4 Å². The molecule has 4 rings (SSSR count). The number of nitrogens with one attached hydrogen (secondary N) is 1. The van der Waals surface area contributed by atoms with Crippen molar-refractivity contribution >= 4 is 0 Å². The largest absolute Gasteiger partial charge is 0.497 e. The number of methoxy groups -OCH3 is 1. The molecule has 0 aliphatic carbocycles. The number of nitrogens with zero attached hydrogens (tertiary/aromatic N) is 3. The van der Waals surface area contributed by atoms with Gasteiger partial charge in [-0.05, 0) is 24.3 Å². The van der Waals surface area contributed by atoms with Gasteiger partial charge < -0.3 is 23.7 Å². The van der Waals surface area contributed by atoms with Crippen LogP contribution in [0.1, 0.15) is 23.5 Å². The summed E-state index contributed by atoms with van der Waals surface area (Å²) in [5, 5.41) is 7.23. The third-order valence-corrected chi connectivity index (χ3v) is 3.91. The van der Waals surface area contributed by atoms with Crippen LogP contribution in [0.3, 0.4) is 0 Å². The Morgan fingerprint density at radius 1 is 1.24 bits per heavy atom. The zero-order chi connectivity index (χ0) is 17.1. The molecule has 1 atom stereocenters. The third-order valence-electron chi connectivity index (χ3n) is 3.91. The Labute approximate surface area is 144 Å². The van der Waals surface area contributed by atoms with Gasteiger partial charge in [0.15, 0.2) is 5.82 Å². The molecule has 8 heteroatoms. The van der Waals surface area contributed by atoms with Crippen LogP contribution in [0.25, 0.3) is 11.5 Å². The Morgan fingerprint density at radius 3 is 2.88 bits per heavy atom. The van der Waals surface area contributed by atoms with Crippen molar-refractivity contribution in [3.8, 4) is 17.2 Å². The van der Waals surface area contributed by atoms with Gasteiger partial charge >= 0.3 is 0 Å². The molecule has 0 bridgehead atoms. The van der Waals surface area contributed by atoms with E-state index >= 15 is 0 Å². The Kier molecular flexibility index (Phi) is 4.45. The van der Waals surface area contributed by atoms with Gasteiger partial charge in [-0.25, -0.2) is 4.98 Å². The summed E-state index contributed by atoms with van der Waals surface area (Å²) in [4.78, 5) is 8.87. The lowest BCUT2D eigenvalue weighted by Crippen LogP contribution is -2.33. The van der Waals surface area contributed by atoms with E-state index in [-0.39, 0.29) is 6.10 Å². The van der Waals surface area contributed by atoms with Crippen LogP contribution in [0.5, 0.6) is 5.75 Å². The van der Waals surface area contributed by atoms with Gasteiger partial charge in [0.2, 0.25) is 5.89 Å². The van der Waals surface area contributed by atoms with Gasteiger partial charge in [0.25, 0.3) is 5.89 Å². The minimum Gasteiger partial charge on any atom is -0.497 e. The molecule has 1 saturated heterocycles. The first-order valence-corrected chi connectivity index (χ1v) is 8.05. The monoisotopic (exact) mass is 342 g/mol. The molecule has 8 nitrogen and oxygen atoms in total. The van der Waals surface area contributed by atoms with Crippen LogP contribution in [-0.2, 0) is 11.2 Å². The topological polar surface area (TPSA) is 95.4 Å². The lowest BCUT2D eigenvalue weighted by atomic mass is 10.2. The highest BCUT2D eigenvalue weighted by Gasteiger charge is 2.22. The Balaban J connectivity index is 1.44. The van der Waals surface area contributed by atoms with Gasteiger partial charge in [0, 0.05) is 18.7 Å². The lowest BCUT2D eigenvalue weighted by Gasteiger charge is -2.19. The van der Waals surface area contributed by atoms with E-state index in [2.05, 4.69) is 20.4 Å². The summed E-state index contributed by atoms with van der Waals surface area (Å²) in [5.41, 5.74) is 1.61. The predicted octanol–water partition coefficient (Wildman–Crippen LogP) is 1.98. The molecule has 130 valence electrons. The van der Waals surface area contributed by atoms with Crippen molar-refractivity contribution in [2.45, 2.75) is 12.5 Å². The molecule has 0 spiro atoms. The molecule has 0 unspecified atom stereocenters. The van der Waals surface area contributed by atoms with Crippen molar-refractivity contribution in [1.29, 1.82) is 0 Å². The van der Waals surface area contributed by atoms with Crippen molar-refractivity contribution in [2.75, 3.05) is 26.8 Å². The summed E-state index contributed by atoms with van der Waals surface area (Å²) in [7, 11) is 1.63. The van der Waals surface area contributed by atoms with Crippen LogP contribution in [0.2, 0.25) is 0 Å². The molecule has 25 heavy (non-hydrogen) atoms. The van der Waals surface area contributed by atoms with E-state index < -0.39 is 0 Å². The summed E-state index contributed by atoms with van der Waals surface area (Å²) in [6.07, 6.45) is 1.85. The Morgan fingerprint density at radius 2 is 2.12 bits per heavy atom. The average molecular weight is 342 g/mol. The molecule has 1 aliphatic rings. The lowest BCUT2D eigenvalue weighted by molar-refractivity contribution is 0.00755. The molecule has 3 aromatic rings. The molecule has 0 amide bonds. The second kappa shape index (κ2) is 7.04. The number of aromatic nitrogens is 3. The first-order valence-electron chi connectivity index (χ1n) is 8.05. The van der Waals surface area contributed by atoms with Crippen molar-refractivity contribution in [3.05, 3.63) is 47.9 Å². The molecule has 1 aliphatic heterocycles. The third kappa shape index (κ3) is 3.54. The fraction of sp³-hybridized carbons (Fsp3) is 0.353. The zero-order valence-electron chi connectivity index (χ0n) is 13.8. The van der Waals surface area contributed by atoms with Crippen LogP contribution in [0, 0.1) is 0 Å². The van der Waals surface area contributed by atoms with Gasteiger partial charge in [-0.1, -0.05) is 5.16 Å². The van der Waals surface area contributed by atoms with E-state index in [1.54, 1.807) is 13.4 Å². The first-order chi connectivity index (χ1) is 12.3. The molecule has 2 aromatic heterocycles. The quantitative estimate of drug-likeness (QED) is 0.752. The summed E-state index contributed by atoms with van der Waals surface area (Å²) < 4.78 is 21.6. The molecule has 0 saturated carbocycles. The molecule has 1 aromatic carbocycles. The average Bonchev–Trinajstić information content (AvgIpc) is 3.33. The number of benzene rings is 1. The van der Waals surface area contributed by atoms with E-state index in [1.807, 2.05) is 24.3 Å². The standard InChI is InChI=1S/C17H18N4O4/c1-22-13-4-2-11(3-5-13)16-19-12(10-24-16)8-15-20-17(25-21-15)14-9-18-6-7-23-14/h2-5,10,14,18H,6-9H2,1H3/t14-/m0/s1. The Bertz CT molecular complexity index is 821. The number of rotatable bonds is 5. The fourth-order valence-electron chi connectivity index (χ4n) is 2.61. The van der Waals surface area contributed by atoms with E-state index in [1.165, 1.54) is 0 Å². The van der Waals surface area contributed by atoms with Crippen molar-refractivity contribution in [3.63, 3.8) is 0 Å². The molecule has 0 radical (unpaired) electrons. The second-order valence-electron chi connectivity index (χ2n) is 5.66. The second-order valence-corrected chi connectivity index (χ2v) is 5.66. The summed E-state index contributed by atoms with van der Waals surface area (Å²) in [6, 6.07) is 7.52. The first kappa shape index (κ1) is 15.8. The number of hydrogen-bond acceptors (Lipinski definition) is 8. The SMILES string of the molecule is COc1ccc(-c2nc(Cc3noc([C@@H]4CNCCO4)n3)co2)cc1. The van der Waals surface area contributed by atoms with Crippen molar-refractivity contribution in [1.82, 2.24) is 20.4 Å². The number of oxazole rings is 1. The Hall–Kier alpha value is -2.71. The van der Waals surface area contributed by atoms with Crippen LogP contribution < -0.4 is 10.1 Å². The van der Waals surface area contributed by atoms with Crippen LogP contribution in [0.15, 0.2) is 39.5 Å². The van der Waals surface area contributed by atoms with Gasteiger partial charge in [-0.3, -0.25) is 0 Å². The van der Waals surface area contributed by atoms with Gasteiger partial charge in [0.05, 0.1) is 25.8 Å². The fourth-order valence-corrected chi connectivity index (χ4v) is 2.61. The maximum Gasteiger partial charge on any atom is 0.257 e. The molecular formula is C17H18N4O4. The predicted molar refractivity (Wildman–Crippen MR) is 87.2 cm³/mol. The van der Waals surface area contributed by atoms with Gasteiger partial charge in [0.1, 0.15) is 18.1 Å². The minimum atomic E-state index is -0.192. The summed E-state index contributed by atoms with van der Waals surface area (Å²) in [6.45, 7) is 2.15. The van der Waals surface area contributed by atoms with Crippen LogP contribution in [-0.4, -0.2) is 41.9 Å². The maximum absolute atomic E-state index is 5.61. The van der Waals surface area contributed by atoms with E-state index in [9.17, 15) is 0 Å². The van der Waals surface area contributed by atoms with Gasteiger partial charge in [-0.2, -0.15) is 4.98 Å². The highest BCUT2D eigenvalue weighted by molar-refractivity contribution is 5.54. The number of ether oxygens (including phenoxy) is 2. The molecular weight excluding hydrogens is 324 g/mol. The maximum atomic E-state index is 5.61. The summed E-state index contributed by atoms with van der Waals surface area (Å²) in [5.74, 6) is 2.37. The van der Waals surface area contributed by atoms with Crippen LogP contribution in [0.4, 0.5) is 0 Å². The van der Waals surface area contributed by atoms with Gasteiger partial charge in [-0.15, -0.1) is 0 Å².